The highest BCUT2D eigenvalue weighted by molar-refractivity contribution is 5.89. The first-order valence-corrected chi connectivity index (χ1v) is 8.08. The van der Waals surface area contributed by atoms with Gasteiger partial charge in [0.25, 0.3) is 5.69 Å². The summed E-state index contributed by atoms with van der Waals surface area (Å²) in [5.41, 5.74) is 2.81. The van der Waals surface area contributed by atoms with Gasteiger partial charge in [0, 0.05) is 17.2 Å². The number of hydrogen-bond donors (Lipinski definition) is 1. The Hall–Kier alpha value is -3.74. The molecule has 1 aromatic heterocycles. The molecular weight excluding hydrogens is 348 g/mol. The minimum atomic E-state index is -0.982. The van der Waals surface area contributed by atoms with Gasteiger partial charge in [-0.05, 0) is 49.7 Å². The third-order valence-electron chi connectivity index (χ3n) is 4.10. The maximum Gasteiger partial charge on any atom is 0.335 e. The van der Waals surface area contributed by atoms with E-state index in [1.165, 1.54) is 18.3 Å². The minimum absolute atomic E-state index is 0.0129. The summed E-state index contributed by atoms with van der Waals surface area (Å²) < 4.78 is 5.74. The van der Waals surface area contributed by atoms with E-state index in [4.69, 9.17) is 9.52 Å². The Morgan fingerprint density at radius 1 is 1.11 bits per heavy atom. The highest BCUT2D eigenvalue weighted by Crippen LogP contribution is 2.27. The molecule has 0 bridgehead atoms. The third-order valence-corrected chi connectivity index (χ3v) is 4.10. The van der Waals surface area contributed by atoms with Crippen LogP contribution in [0.1, 0.15) is 27.2 Å². The molecule has 0 amide bonds. The molecule has 1 N–H and O–H groups in total. The number of carbonyl (C=O) groups is 1. The third kappa shape index (κ3) is 3.92. The molecule has 27 heavy (non-hydrogen) atoms. The fraction of sp³-hybridized carbons (Fsp3) is 0.100. The molecule has 1 heterocycles. The van der Waals surface area contributed by atoms with Crippen LogP contribution < -0.4 is 0 Å². The van der Waals surface area contributed by atoms with Crippen LogP contribution in [0.5, 0.6) is 0 Å². The molecule has 136 valence electrons. The van der Waals surface area contributed by atoms with E-state index in [2.05, 4.69) is 4.99 Å². The second kappa shape index (κ2) is 7.25. The van der Waals surface area contributed by atoms with Gasteiger partial charge in [-0.25, -0.2) is 4.79 Å². The predicted molar refractivity (Wildman–Crippen MR) is 101 cm³/mol. The van der Waals surface area contributed by atoms with Crippen LogP contribution in [0.4, 0.5) is 11.4 Å². The van der Waals surface area contributed by atoms with Gasteiger partial charge in [0.2, 0.25) is 0 Å². The minimum Gasteiger partial charge on any atom is -0.478 e. The molecule has 7 heteroatoms. The van der Waals surface area contributed by atoms with Crippen molar-refractivity contribution in [3.8, 4) is 11.3 Å². The smallest absolute Gasteiger partial charge is 0.335 e. The van der Waals surface area contributed by atoms with E-state index in [0.717, 1.165) is 11.1 Å². The molecule has 7 nitrogen and oxygen atoms in total. The summed E-state index contributed by atoms with van der Waals surface area (Å²) in [6.45, 7) is 3.48. The van der Waals surface area contributed by atoms with Crippen LogP contribution in [0, 0.1) is 24.0 Å². The highest BCUT2D eigenvalue weighted by atomic mass is 16.6. The molecule has 2 aromatic carbocycles. The molecule has 0 aliphatic heterocycles. The number of carboxylic acid groups (broad SMARTS) is 1. The second-order valence-corrected chi connectivity index (χ2v) is 6.02. The second-order valence-electron chi connectivity index (χ2n) is 6.02. The Morgan fingerprint density at radius 3 is 2.56 bits per heavy atom. The molecule has 3 aromatic rings. The number of aliphatic imine (C=N–C) groups is 1. The van der Waals surface area contributed by atoms with E-state index in [-0.39, 0.29) is 11.3 Å². The molecule has 0 saturated heterocycles. The van der Waals surface area contributed by atoms with Crippen LogP contribution in [-0.2, 0) is 0 Å². The quantitative estimate of drug-likeness (QED) is 0.393. The summed E-state index contributed by atoms with van der Waals surface area (Å²) in [4.78, 5) is 25.8. The zero-order valence-electron chi connectivity index (χ0n) is 14.7. The molecule has 3 rings (SSSR count). The highest BCUT2D eigenvalue weighted by Gasteiger charge is 2.12. The van der Waals surface area contributed by atoms with Gasteiger partial charge in [0.15, 0.2) is 0 Å². The van der Waals surface area contributed by atoms with Gasteiger partial charge < -0.3 is 9.52 Å². The summed E-state index contributed by atoms with van der Waals surface area (Å²) in [6.07, 6.45) is 1.48. The Morgan fingerprint density at radius 2 is 1.89 bits per heavy atom. The van der Waals surface area contributed by atoms with Gasteiger partial charge in [-0.3, -0.25) is 15.1 Å². The van der Waals surface area contributed by atoms with Crippen molar-refractivity contribution in [2.45, 2.75) is 13.8 Å². The van der Waals surface area contributed by atoms with Crippen molar-refractivity contribution >= 4 is 23.6 Å². The molecular formula is C20H16N2O5. The fourth-order valence-electron chi connectivity index (χ4n) is 2.65. The molecule has 0 atom stereocenters. The van der Waals surface area contributed by atoms with Crippen molar-refractivity contribution in [2.75, 3.05) is 0 Å². The van der Waals surface area contributed by atoms with Crippen molar-refractivity contribution in [2.24, 2.45) is 4.99 Å². The number of benzene rings is 2. The van der Waals surface area contributed by atoms with Crippen LogP contribution >= 0.6 is 0 Å². The summed E-state index contributed by atoms with van der Waals surface area (Å²) in [5.74, 6) is 0.0832. The van der Waals surface area contributed by atoms with Gasteiger partial charge in [-0.2, -0.15) is 0 Å². The van der Waals surface area contributed by atoms with Crippen molar-refractivity contribution in [1.82, 2.24) is 0 Å². The number of nitro benzene ring substituents is 1. The fourth-order valence-corrected chi connectivity index (χ4v) is 2.65. The number of aryl methyl sites for hydroxylation is 2. The number of furan rings is 1. The maximum absolute atomic E-state index is 11.0. The summed E-state index contributed by atoms with van der Waals surface area (Å²) in [6, 6.07) is 13.0. The van der Waals surface area contributed by atoms with Gasteiger partial charge in [0.1, 0.15) is 11.5 Å². The first-order chi connectivity index (χ1) is 12.8. The molecule has 0 saturated carbocycles. The average Bonchev–Trinajstić information content (AvgIpc) is 3.09. The zero-order chi connectivity index (χ0) is 19.6. The Bertz CT molecular complexity index is 1070. The van der Waals surface area contributed by atoms with Crippen LogP contribution in [0.2, 0.25) is 0 Å². The molecule has 0 aliphatic carbocycles. The van der Waals surface area contributed by atoms with E-state index in [1.54, 1.807) is 43.3 Å². The van der Waals surface area contributed by atoms with Crippen molar-refractivity contribution in [3.05, 3.63) is 81.1 Å². The average molecular weight is 364 g/mol. The van der Waals surface area contributed by atoms with Gasteiger partial charge in [-0.1, -0.05) is 12.1 Å². The summed E-state index contributed by atoms with van der Waals surface area (Å²) in [5, 5.41) is 20.0. The largest absolute Gasteiger partial charge is 0.478 e. The number of carboxylic acids is 1. The number of nitro groups is 1. The predicted octanol–water partition coefficient (Wildman–Crippen LogP) is 4.92. The number of nitrogens with zero attached hydrogens (tertiary/aromatic N) is 2. The van der Waals surface area contributed by atoms with Crippen molar-refractivity contribution < 1.29 is 19.2 Å². The Balaban J connectivity index is 1.84. The zero-order valence-corrected chi connectivity index (χ0v) is 14.7. The summed E-state index contributed by atoms with van der Waals surface area (Å²) in [7, 11) is 0. The number of hydrogen-bond acceptors (Lipinski definition) is 5. The van der Waals surface area contributed by atoms with Crippen molar-refractivity contribution in [3.63, 3.8) is 0 Å². The van der Waals surface area contributed by atoms with Crippen LogP contribution in [-0.4, -0.2) is 22.2 Å². The van der Waals surface area contributed by atoms with Crippen LogP contribution in [0.15, 0.2) is 57.9 Å². The number of rotatable bonds is 5. The lowest BCUT2D eigenvalue weighted by molar-refractivity contribution is -0.385. The van der Waals surface area contributed by atoms with E-state index in [9.17, 15) is 14.9 Å². The molecule has 0 spiro atoms. The van der Waals surface area contributed by atoms with E-state index < -0.39 is 10.9 Å². The Kier molecular flexibility index (Phi) is 4.85. The molecule has 0 radical (unpaired) electrons. The van der Waals surface area contributed by atoms with Crippen LogP contribution in [0.3, 0.4) is 0 Å². The maximum atomic E-state index is 11.0. The van der Waals surface area contributed by atoms with Gasteiger partial charge in [0.05, 0.1) is 22.4 Å². The van der Waals surface area contributed by atoms with Crippen molar-refractivity contribution in [1.29, 1.82) is 0 Å². The van der Waals surface area contributed by atoms with Crippen LogP contribution in [0.25, 0.3) is 11.3 Å². The monoisotopic (exact) mass is 364 g/mol. The van der Waals surface area contributed by atoms with E-state index in [0.29, 0.717) is 22.8 Å². The van der Waals surface area contributed by atoms with Gasteiger partial charge >= 0.3 is 5.97 Å². The Labute approximate surface area is 154 Å². The lowest BCUT2D eigenvalue weighted by Gasteiger charge is -2.03. The topological polar surface area (TPSA) is 106 Å². The number of aromatic carboxylic acids is 1. The first kappa shape index (κ1) is 18.1. The lowest BCUT2D eigenvalue weighted by Crippen LogP contribution is -1.96. The van der Waals surface area contributed by atoms with E-state index in [1.807, 2.05) is 6.92 Å². The standard InChI is InChI=1S/C20H16N2O5/c1-12-3-5-15(10-18(12)22(25)26)21-11-16-6-8-19(27-16)17-7-4-14(20(23)24)9-13(17)2/h3-11H,1-2H3,(H,23,24). The van der Waals surface area contributed by atoms with E-state index >= 15 is 0 Å². The SMILES string of the molecule is Cc1cc(C(=O)O)ccc1-c1ccc(C=Nc2ccc(C)c([N+](=O)[O-])c2)o1. The first-order valence-electron chi connectivity index (χ1n) is 8.08. The molecule has 0 aliphatic rings. The molecule has 0 unspecified atom stereocenters. The summed E-state index contributed by atoms with van der Waals surface area (Å²) >= 11 is 0. The van der Waals surface area contributed by atoms with Gasteiger partial charge in [-0.15, -0.1) is 0 Å². The molecule has 0 fully saturated rings. The normalized spacial score (nSPS) is 11.0. The lowest BCUT2D eigenvalue weighted by atomic mass is 10.0.